The minimum absolute atomic E-state index is 0.0394. The fourth-order valence-corrected chi connectivity index (χ4v) is 7.00. The van der Waals surface area contributed by atoms with Gasteiger partial charge in [-0.15, -0.1) is 11.3 Å². The normalized spacial score (nSPS) is 25.1. The number of phenols is 1. The Morgan fingerprint density at radius 1 is 1.03 bits per heavy atom. The molecule has 2 aliphatic rings. The van der Waals surface area contributed by atoms with Gasteiger partial charge in [-0.25, -0.2) is 4.90 Å². The predicted molar refractivity (Wildman–Crippen MR) is 142 cm³/mol. The lowest BCUT2D eigenvalue weighted by atomic mass is 9.76. The molecular weight excluding hydrogens is 512 g/mol. The van der Waals surface area contributed by atoms with E-state index in [4.69, 9.17) is 11.6 Å². The van der Waals surface area contributed by atoms with Crippen LogP contribution >= 0.6 is 22.9 Å². The van der Waals surface area contributed by atoms with Gasteiger partial charge in [0.05, 0.1) is 27.9 Å². The van der Waals surface area contributed by atoms with E-state index in [1.807, 2.05) is 32.0 Å². The van der Waals surface area contributed by atoms with Crippen molar-refractivity contribution < 1.29 is 24.6 Å². The number of anilines is 1. The van der Waals surface area contributed by atoms with Crippen molar-refractivity contribution in [3.8, 4) is 5.75 Å². The van der Waals surface area contributed by atoms with E-state index < -0.39 is 41.2 Å². The minimum atomic E-state index is -1.74. The summed E-state index contributed by atoms with van der Waals surface area (Å²) < 4.78 is 0.512. The number of para-hydroxylation sites is 1. The Balaban J connectivity index is 1.69. The maximum absolute atomic E-state index is 14.2. The topological polar surface area (TPSA) is 107 Å². The summed E-state index contributed by atoms with van der Waals surface area (Å²) in [6.45, 7) is 3.93. The number of benzene rings is 2. The van der Waals surface area contributed by atoms with Gasteiger partial charge in [0.2, 0.25) is 11.8 Å². The van der Waals surface area contributed by atoms with Crippen molar-refractivity contribution in [1.82, 2.24) is 5.32 Å². The highest BCUT2D eigenvalue weighted by Gasteiger charge is 2.69. The maximum atomic E-state index is 14.2. The van der Waals surface area contributed by atoms with Gasteiger partial charge in [-0.3, -0.25) is 19.7 Å². The Morgan fingerprint density at radius 3 is 2.22 bits per heavy atom. The van der Waals surface area contributed by atoms with Crippen LogP contribution in [0.5, 0.6) is 5.75 Å². The fraction of sp³-hybridized carbons (Fsp3) is 0.321. The minimum Gasteiger partial charge on any atom is -0.508 e. The molecule has 0 spiro atoms. The second kappa shape index (κ2) is 9.59. The van der Waals surface area contributed by atoms with Crippen molar-refractivity contribution >= 4 is 46.4 Å². The summed E-state index contributed by atoms with van der Waals surface area (Å²) in [6, 6.07) is 14.7. The van der Waals surface area contributed by atoms with E-state index in [0.29, 0.717) is 33.3 Å². The molecule has 2 aromatic carbocycles. The number of aromatic hydroxyl groups is 1. The molecule has 4 atom stereocenters. The van der Waals surface area contributed by atoms with Gasteiger partial charge in [0.1, 0.15) is 11.3 Å². The van der Waals surface area contributed by atoms with Gasteiger partial charge in [-0.1, -0.05) is 55.8 Å². The lowest BCUT2D eigenvalue weighted by Gasteiger charge is -2.32. The van der Waals surface area contributed by atoms with Gasteiger partial charge in [0.15, 0.2) is 0 Å². The molecule has 2 saturated heterocycles. The largest absolute Gasteiger partial charge is 0.508 e. The molecule has 3 N–H and O–H groups in total. The van der Waals surface area contributed by atoms with E-state index in [1.165, 1.54) is 28.4 Å². The first kappa shape index (κ1) is 25.4. The molecule has 7 nitrogen and oxygen atoms in total. The molecule has 0 radical (unpaired) electrons. The number of nitrogens with one attached hydrogen (secondary N) is 1. The van der Waals surface area contributed by atoms with Gasteiger partial charge < -0.3 is 10.2 Å². The molecule has 192 valence electrons. The number of hydrogen-bond donors (Lipinski definition) is 3. The third-order valence-corrected chi connectivity index (χ3v) is 8.86. The number of thiophene rings is 1. The molecule has 2 fully saturated rings. The average Bonchev–Trinajstić information content (AvgIpc) is 3.54. The van der Waals surface area contributed by atoms with Gasteiger partial charge >= 0.3 is 5.97 Å². The van der Waals surface area contributed by atoms with Gasteiger partial charge in [0, 0.05) is 11.3 Å². The summed E-state index contributed by atoms with van der Waals surface area (Å²) in [5.41, 5.74) is 1.19. The first-order valence-corrected chi connectivity index (χ1v) is 13.4. The van der Waals surface area contributed by atoms with Crippen LogP contribution in [0.1, 0.15) is 41.5 Å². The molecule has 3 aromatic rings. The van der Waals surface area contributed by atoms with Crippen LogP contribution in [0.15, 0.2) is 54.6 Å². The van der Waals surface area contributed by atoms with E-state index in [0.717, 1.165) is 11.1 Å². The molecule has 4 unspecified atom stereocenters. The lowest BCUT2D eigenvalue weighted by molar-refractivity contribution is -0.148. The Morgan fingerprint density at radius 2 is 1.68 bits per heavy atom. The number of rotatable bonds is 7. The zero-order valence-corrected chi connectivity index (χ0v) is 22.0. The van der Waals surface area contributed by atoms with Crippen LogP contribution in [0.25, 0.3) is 0 Å². The zero-order chi connectivity index (χ0) is 26.5. The molecule has 2 amide bonds. The van der Waals surface area contributed by atoms with Crippen molar-refractivity contribution in [1.29, 1.82) is 0 Å². The first-order valence-electron chi connectivity index (χ1n) is 12.2. The van der Waals surface area contributed by atoms with Crippen LogP contribution in [0.4, 0.5) is 5.69 Å². The van der Waals surface area contributed by atoms with E-state index in [9.17, 15) is 24.6 Å². The molecule has 1 aromatic heterocycles. The molecule has 3 heterocycles. The summed E-state index contributed by atoms with van der Waals surface area (Å²) in [5.74, 6) is -4.11. The second-order valence-electron chi connectivity index (χ2n) is 9.53. The van der Waals surface area contributed by atoms with Gasteiger partial charge in [-0.05, 0) is 53.8 Å². The summed E-state index contributed by atoms with van der Waals surface area (Å²) >= 11 is 7.48. The Kier molecular flexibility index (Phi) is 6.60. The first-order chi connectivity index (χ1) is 17.7. The maximum Gasteiger partial charge on any atom is 0.325 e. The van der Waals surface area contributed by atoms with Crippen LogP contribution in [-0.4, -0.2) is 33.5 Å². The monoisotopic (exact) mass is 538 g/mol. The number of amides is 2. The van der Waals surface area contributed by atoms with E-state index >= 15 is 0 Å². The molecule has 9 heteroatoms. The number of phenolic OH excluding ortho intramolecular Hbond substituents is 1. The van der Waals surface area contributed by atoms with Gasteiger partial charge in [0.25, 0.3) is 0 Å². The van der Waals surface area contributed by atoms with E-state index in [2.05, 4.69) is 5.32 Å². The third kappa shape index (κ3) is 4.04. The van der Waals surface area contributed by atoms with Gasteiger partial charge in [-0.2, -0.15) is 0 Å². The molecule has 5 rings (SSSR count). The van der Waals surface area contributed by atoms with Crippen LogP contribution in [-0.2, 0) is 33.6 Å². The number of imide groups is 1. The van der Waals surface area contributed by atoms with Crippen LogP contribution in [0, 0.1) is 11.8 Å². The smallest absolute Gasteiger partial charge is 0.325 e. The van der Waals surface area contributed by atoms with Crippen LogP contribution in [0.2, 0.25) is 4.34 Å². The summed E-state index contributed by atoms with van der Waals surface area (Å²) in [6.07, 6.45) is 1.20. The molecular formula is C28H27ClN2O5S. The summed E-state index contributed by atoms with van der Waals surface area (Å²) in [7, 11) is 0. The Labute approximate surface area is 223 Å². The molecule has 2 aliphatic heterocycles. The van der Waals surface area contributed by atoms with Crippen molar-refractivity contribution in [2.24, 2.45) is 11.8 Å². The van der Waals surface area contributed by atoms with Crippen molar-refractivity contribution in [3.05, 3.63) is 80.5 Å². The standard InChI is InChI=1S/C28H27ClN2O5S/c1-3-16-6-5-7-17(4-2)24(16)31-25(33)21-22(26(31)34)28(27(35)36,14-15-8-10-18(32)11-9-15)30-23(21)19-12-13-20(29)37-19/h5-13,21-23,30,32H,3-4,14H2,1-2H3,(H,35,36). The number of nitrogens with zero attached hydrogens (tertiary/aromatic N) is 1. The second-order valence-corrected chi connectivity index (χ2v) is 11.3. The predicted octanol–water partition coefficient (Wildman–Crippen LogP) is 4.75. The molecule has 0 aliphatic carbocycles. The van der Waals surface area contributed by atoms with E-state index in [1.54, 1.807) is 24.3 Å². The number of carboxylic acids is 1. The number of fused-ring (bicyclic) bond motifs is 1. The van der Waals surface area contributed by atoms with Crippen molar-refractivity contribution in [2.75, 3.05) is 4.90 Å². The molecule has 0 saturated carbocycles. The van der Waals surface area contributed by atoms with Crippen molar-refractivity contribution in [2.45, 2.75) is 44.7 Å². The van der Waals surface area contributed by atoms with E-state index in [-0.39, 0.29) is 12.2 Å². The highest BCUT2D eigenvalue weighted by atomic mass is 35.5. The number of aryl methyl sites for hydroxylation is 2. The number of carboxylic acid groups (broad SMARTS) is 1. The summed E-state index contributed by atoms with van der Waals surface area (Å²) in [5, 5.41) is 23.6. The fourth-order valence-electron chi connectivity index (χ4n) is 5.84. The number of hydrogen-bond acceptors (Lipinski definition) is 6. The summed E-state index contributed by atoms with van der Waals surface area (Å²) in [4.78, 5) is 43.4. The highest BCUT2D eigenvalue weighted by molar-refractivity contribution is 7.16. The Bertz CT molecular complexity index is 1370. The molecule has 37 heavy (non-hydrogen) atoms. The number of carbonyl (C=O) groups excluding carboxylic acids is 2. The van der Waals surface area contributed by atoms with Crippen LogP contribution in [0.3, 0.4) is 0 Å². The van der Waals surface area contributed by atoms with Crippen molar-refractivity contribution in [3.63, 3.8) is 0 Å². The number of halogens is 1. The zero-order valence-electron chi connectivity index (χ0n) is 20.4. The quantitative estimate of drug-likeness (QED) is 0.375. The Hall–Kier alpha value is -3.20. The third-order valence-electron chi connectivity index (χ3n) is 7.54. The number of aliphatic carboxylic acids is 1. The number of carbonyl (C=O) groups is 3. The van der Waals surface area contributed by atoms with Crippen LogP contribution < -0.4 is 10.2 Å². The SMILES string of the molecule is CCc1cccc(CC)c1N1C(=O)C2C(c3ccc(Cl)s3)NC(Cc3ccc(O)cc3)(C(=O)O)C2C1=O. The average molecular weight is 539 g/mol. The lowest BCUT2D eigenvalue weighted by Crippen LogP contribution is -2.57. The molecule has 0 bridgehead atoms. The highest BCUT2D eigenvalue weighted by Crippen LogP contribution is 2.52.